The fourth-order valence-corrected chi connectivity index (χ4v) is 7.83. The third-order valence-corrected chi connectivity index (χ3v) is 11.6. The van der Waals surface area contributed by atoms with Gasteiger partial charge < -0.3 is 32.6 Å². The average molecular weight is 838 g/mol. The zero-order chi connectivity index (χ0) is 42.7. The zero-order valence-corrected chi connectivity index (χ0v) is 38.0. The summed E-state index contributed by atoms with van der Waals surface area (Å²) in [6.07, 6.45) is 19.3. The van der Waals surface area contributed by atoms with Gasteiger partial charge in [0.1, 0.15) is 30.6 Å². The summed E-state index contributed by atoms with van der Waals surface area (Å²) in [7, 11) is 1.14. The van der Waals surface area contributed by atoms with Crippen LogP contribution in [0.3, 0.4) is 0 Å². The fourth-order valence-electron chi connectivity index (χ4n) is 7.10. The summed E-state index contributed by atoms with van der Waals surface area (Å²) < 4.78 is 43.1. The Morgan fingerprint density at radius 1 is 0.610 bits per heavy atom. The van der Waals surface area contributed by atoms with Crippen molar-refractivity contribution in [2.24, 2.45) is 0 Å². The van der Waals surface area contributed by atoms with E-state index in [1.165, 1.54) is 70.6 Å². The van der Waals surface area contributed by atoms with Crippen molar-refractivity contribution >= 4 is 13.8 Å². The third kappa shape index (κ3) is 20.4. The van der Waals surface area contributed by atoms with Crippen LogP contribution in [0.2, 0.25) is 0 Å². The van der Waals surface area contributed by atoms with Crippen molar-refractivity contribution in [1.29, 1.82) is 0 Å². The fraction of sp³-hybridized carbons (Fsp3) is 0.612. The quantitative estimate of drug-likeness (QED) is 0.0193. The predicted molar refractivity (Wildman–Crippen MR) is 237 cm³/mol. The second-order valence-electron chi connectivity index (χ2n) is 16.9. The van der Waals surface area contributed by atoms with Crippen molar-refractivity contribution in [1.82, 2.24) is 0 Å². The maximum Gasteiger partial charge on any atom is 0.306 e. The normalized spacial score (nSPS) is 13.5. The Bertz CT molecular complexity index is 1520. The molecule has 0 N–H and O–H groups in total. The van der Waals surface area contributed by atoms with Crippen molar-refractivity contribution in [3.63, 3.8) is 0 Å². The Morgan fingerprint density at radius 3 is 1.59 bits per heavy atom. The van der Waals surface area contributed by atoms with Crippen LogP contribution >= 0.6 is 7.82 Å². The first kappa shape index (κ1) is 50.3. The molecular weight excluding hydrogens is 762 g/mol. The molecule has 3 aromatic carbocycles. The first-order valence-corrected chi connectivity index (χ1v) is 24.0. The van der Waals surface area contributed by atoms with E-state index in [0.29, 0.717) is 24.1 Å². The van der Waals surface area contributed by atoms with Gasteiger partial charge in [-0.25, -0.2) is 0 Å². The summed E-state index contributed by atoms with van der Waals surface area (Å²) >= 11 is 0. The first-order chi connectivity index (χ1) is 28.5. The third-order valence-electron chi connectivity index (χ3n) is 10.6. The van der Waals surface area contributed by atoms with Gasteiger partial charge in [0.05, 0.1) is 41.0 Å². The smallest absolute Gasteiger partial charge is 0.306 e. The summed E-state index contributed by atoms with van der Waals surface area (Å²) in [5.41, 5.74) is 1.40. The second kappa shape index (κ2) is 28.5. The van der Waals surface area contributed by atoms with Gasteiger partial charge in [-0.3, -0.25) is 9.36 Å². The van der Waals surface area contributed by atoms with Crippen LogP contribution < -0.4 is 9.63 Å². The van der Waals surface area contributed by atoms with Crippen LogP contribution in [0.25, 0.3) is 0 Å². The zero-order valence-electron chi connectivity index (χ0n) is 37.1. The molecule has 2 atom stereocenters. The maximum atomic E-state index is 13.4. The van der Waals surface area contributed by atoms with Gasteiger partial charge in [0.25, 0.3) is 7.82 Å². The molecule has 0 bridgehead atoms. The predicted octanol–water partition coefficient (Wildman–Crippen LogP) is 11.6. The van der Waals surface area contributed by atoms with E-state index >= 15 is 0 Å². The molecule has 0 aliphatic rings. The molecule has 1 unspecified atom stereocenters. The Balaban J connectivity index is 1.74. The first-order valence-electron chi connectivity index (χ1n) is 22.6. The SMILES string of the molecule is CCCCCCCCCCCCCCCC(=O)O[C@H](COC(c1ccccc1)(c1ccccc1)c1ccc(OCCCCCC)cc1)COP(=O)([O-])OCC[N+](C)(C)C. The second-order valence-corrected chi connectivity index (χ2v) is 18.3. The highest BCUT2D eigenvalue weighted by Gasteiger charge is 2.39. The summed E-state index contributed by atoms with van der Waals surface area (Å²) in [4.78, 5) is 26.3. The minimum atomic E-state index is -4.71. The summed E-state index contributed by atoms with van der Waals surface area (Å²) in [6.45, 7) is 4.93. The van der Waals surface area contributed by atoms with Gasteiger partial charge in [-0.1, -0.05) is 183 Å². The number of quaternary nitrogens is 1. The highest BCUT2D eigenvalue weighted by Crippen LogP contribution is 2.42. The summed E-state index contributed by atoms with van der Waals surface area (Å²) in [5.74, 6) is 0.354. The molecule has 59 heavy (non-hydrogen) atoms. The van der Waals surface area contributed by atoms with Crippen molar-refractivity contribution in [2.75, 3.05) is 54.1 Å². The minimum absolute atomic E-state index is 0.0339. The molecule has 3 aromatic rings. The van der Waals surface area contributed by atoms with Gasteiger partial charge in [0.15, 0.2) is 0 Å². The van der Waals surface area contributed by atoms with Crippen molar-refractivity contribution in [2.45, 2.75) is 141 Å². The van der Waals surface area contributed by atoms with E-state index in [1.54, 1.807) is 0 Å². The number of benzene rings is 3. The van der Waals surface area contributed by atoms with Crippen LogP contribution in [0.15, 0.2) is 84.9 Å². The number of ether oxygens (including phenoxy) is 3. The lowest BCUT2D eigenvalue weighted by molar-refractivity contribution is -0.870. The molecule has 0 saturated heterocycles. The summed E-state index contributed by atoms with van der Waals surface area (Å²) in [6, 6.07) is 27.7. The number of rotatable bonds is 34. The lowest BCUT2D eigenvalue weighted by atomic mass is 9.80. The van der Waals surface area contributed by atoms with Crippen molar-refractivity contribution in [3.8, 4) is 5.75 Å². The molecule has 3 rings (SSSR count). The van der Waals surface area contributed by atoms with E-state index in [2.05, 4.69) is 13.8 Å². The molecule has 10 heteroatoms. The molecule has 0 saturated carbocycles. The van der Waals surface area contributed by atoms with Crippen LogP contribution in [0.1, 0.15) is 146 Å². The van der Waals surface area contributed by atoms with Crippen LogP contribution in [-0.4, -0.2) is 70.7 Å². The van der Waals surface area contributed by atoms with E-state index in [4.69, 9.17) is 23.3 Å². The Hall–Kier alpha value is -3.04. The van der Waals surface area contributed by atoms with Crippen molar-refractivity contribution in [3.05, 3.63) is 102 Å². The van der Waals surface area contributed by atoms with Crippen molar-refractivity contribution < 1.29 is 42.0 Å². The van der Waals surface area contributed by atoms with E-state index in [0.717, 1.165) is 54.5 Å². The number of hydrogen-bond donors (Lipinski definition) is 0. The number of unbranched alkanes of at least 4 members (excludes halogenated alkanes) is 15. The van der Waals surface area contributed by atoms with E-state index in [-0.39, 0.29) is 19.6 Å². The Labute approximate surface area is 357 Å². The van der Waals surface area contributed by atoms with Gasteiger partial charge in [-0.2, -0.15) is 0 Å². The van der Waals surface area contributed by atoms with E-state index < -0.39 is 32.1 Å². The molecular formula is C49H76NO8P. The molecule has 0 aliphatic carbocycles. The van der Waals surface area contributed by atoms with Gasteiger partial charge >= 0.3 is 5.97 Å². The number of carbonyl (C=O) groups is 1. The monoisotopic (exact) mass is 838 g/mol. The number of likely N-dealkylation sites (N-methyl/N-ethyl adjacent to an activating group) is 1. The van der Waals surface area contributed by atoms with Gasteiger partial charge in [0.2, 0.25) is 0 Å². The molecule has 0 fully saturated rings. The standard InChI is InChI=1S/C49H76NO8P/c1-6-8-10-12-13-14-15-16-17-18-19-20-27-33-48(51)58-47(42-57-59(52,53)56-40-38-50(3,4)5)41-55-49(43-29-23-21-24-30-43,44-31-25-22-26-32-44)45-34-36-46(37-35-45)54-39-28-11-9-7-2/h21-26,29-32,34-37,47H,6-20,27-28,33,38-42H2,1-5H3/t47-/m1/s1. The molecule has 9 nitrogen and oxygen atoms in total. The number of phosphoric acid groups is 1. The molecule has 0 aliphatic heterocycles. The Kier molecular flexibility index (Phi) is 24.3. The van der Waals surface area contributed by atoms with Gasteiger partial charge in [-0.15, -0.1) is 0 Å². The van der Waals surface area contributed by atoms with Crippen LogP contribution in [0, 0.1) is 0 Å². The highest BCUT2D eigenvalue weighted by molar-refractivity contribution is 7.45. The van der Waals surface area contributed by atoms with Gasteiger partial charge in [0, 0.05) is 6.42 Å². The van der Waals surface area contributed by atoms with Crippen LogP contribution in [0.4, 0.5) is 0 Å². The minimum Gasteiger partial charge on any atom is -0.756 e. The number of phosphoric ester groups is 1. The average Bonchev–Trinajstić information content (AvgIpc) is 3.22. The maximum absolute atomic E-state index is 13.4. The number of carbonyl (C=O) groups excluding carboxylic acids is 1. The molecule has 0 heterocycles. The van der Waals surface area contributed by atoms with Gasteiger partial charge in [-0.05, 0) is 41.7 Å². The Morgan fingerprint density at radius 2 is 1.08 bits per heavy atom. The van der Waals surface area contributed by atoms with E-state index in [1.807, 2.05) is 106 Å². The lowest BCUT2D eigenvalue weighted by Crippen LogP contribution is -2.39. The number of hydrogen-bond acceptors (Lipinski definition) is 8. The summed E-state index contributed by atoms with van der Waals surface area (Å²) in [5, 5.41) is 0. The largest absolute Gasteiger partial charge is 0.756 e. The van der Waals surface area contributed by atoms with E-state index in [9.17, 15) is 14.3 Å². The molecule has 0 radical (unpaired) electrons. The molecule has 330 valence electrons. The lowest BCUT2D eigenvalue weighted by Gasteiger charge is -2.37. The molecule has 0 spiro atoms. The highest BCUT2D eigenvalue weighted by atomic mass is 31.2. The number of nitrogens with zero attached hydrogens (tertiary/aromatic N) is 1. The topological polar surface area (TPSA) is 103 Å². The molecule has 0 aromatic heterocycles. The molecule has 0 amide bonds. The van der Waals surface area contributed by atoms with Crippen LogP contribution in [-0.2, 0) is 33.5 Å². The number of esters is 1. The van der Waals surface area contributed by atoms with Crippen LogP contribution in [0.5, 0.6) is 5.75 Å².